The van der Waals surface area contributed by atoms with Gasteiger partial charge in [0.25, 0.3) is 0 Å². The Balaban J connectivity index is 2.25. The minimum atomic E-state index is 0.110. The number of hydrogen-bond acceptors (Lipinski definition) is 3. The van der Waals surface area contributed by atoms with Gasteiger partial charge < -0.3 is 10.2 Å². The van der Waals surface area contributed by atoms with Crippen molar-refractivity contribution in [1.82, 2.24) is 10.3 Å². The van der Waals surface area contributed by atoms with Crippen molar-refractivity contribution in [3.63, 3.8) is 0 Å². The number of piperazine rings is 1. The second kappa shape index (κ2) is 3.99. The number of rotatable bonds is 1. The number of nitrogens with one attached hydrogen (secondary N) is 1. The van der Waals surface area contributed by atoms with Crippen LogP contribution in [0.1, 0.15) is 13.8 Å². The van der Waals surface area contributed by atoms with Crippen molar-refractivity contribution >= 4 is 17.4 Å². The van der Waals surface area contributed by atoms with Gasteiger partial charge in [-0.3, -0.25) is 0 Å². The Morgan fingerprint density at radius 1 is 1.47 bits per heavy atom. The third-order valence-electron chi connectivity index (χ3n) is 2.79. The lowest BCUT2D eigenvalue weighted by molar-refractivity contribution is 0.378. The number of nitrogens with zero attached hydrogens (tertiary/aromatic N) is 2. The Morgan fingerprint density at radius 2 is 2.27 bits per heavy atom. The van der Waals surface area contributed by atoms with Crippen LogP contribution in [0.3, 0.4) is 0 Å². The predicted octanol–water partition coefficient (Wildman–Crippen LogP) is 1.92. The molecule has 1 aliphatic heterocycles. The van der Waals surface area contributed by atoms with Crippen LogP contribution >= 0.6 is 11.6 Å². The molecule has 0 unspecified atom stereocenters. The second-order valence-corrected chi connectivity index (χ2v) is 4.91. The first-order valence-electron chi connectivity index (χ1n) is 5.19. The molecule has 1 aromatic rings. The van der Waals surface area contributed by atoms with Crippen molar-refractivity contribution in [3.8, 4) is 0 Å². The van der Waals surface area contributed by atoms with Crippen LogP contribution in [-0.4, -0.2) is 30.2 Å². The molecule has 82 valence electrons. The number of aromatic nitrogens is 1. The monoisotopic (exact) mass is 225 g/mol. The fraction of sp³-hybridized carbons (Fsp3) is 0.545. The molecule has 0 amide bonds. The van der Waals surface area contributed by atoms with Gasteiger partial charge in [0.05, 0.1) is 5.02 Å². The Kier molecular flexibility index (Phi) is 2.85. The number of hydrogen-bond donors (Lipinski definition) is 1. The molecule has 0 spiro atoms. The Morgan fingerprint density at radius 3 is 2.87 bits per heavy atom. The summed E-state index contributed by atoms with van der Waals surface area (Å²) in [4.78, 5) is 6.68. The summed E-state index contributed by atoms with van der Waals surface area (Å²) < 4.78 is 0. The second-order valence-electron chi connectivity index (χ2n) is 4.48. The van der Waals surface area contributed by atoms with E-state index in [2.05, 4.69) is 29.0 Å². The fourth-order valence-electron chi connectivity index (χ4n) is 1.94. The molecule has 3 nitrogen and oxygen atoms in total. The van der Waals surface area contributed by atoms with Crippen LogP contribution in [-0.2, 0) is 0 Å². The van der Waals surface area contributed by atoms with E-state index in [9.17, 15) is 0 Å². The summed E-state index contributed by atoms with van der Waals surface area (Å²) in [7, 11) is 0. The molecule has 0 atom stereocenters. The van der Waals surface area contributed by atoms with Crippen molar-refractivity contribution in [2.45, 2.75) is 19.4 Å². The zero-order chi connectivity index (χ0) is 10.9. The minimum Gasteiger partial charge on any atom is -0.349 e. The quantitative estimate of drug-likeness (QED) is 0.792. The Labute approximate surface area is 95.4 Å². The third-order valence-corrected chi connectivity index (χ3v) is 3.01. The SMILES string of the molecule is CC1(C)CNCCN1c1ccc(Cl)cn1. The summed E-state index contributed by atoms with van der Waals surface area (Å²) in [5.41, 5.74) is 0.110. The molecule has 0 aliphatic carbocycles. The van der Waals surface area contributed by atoms with E-state index in [1.54, 1.807) is 6.20 Å². The van der Waals surface area contributed by atoms with Crippen LogP contribution in [0.25, 0.3) is 0 Å². The molecule has 0 aromatic carbocycles. The van der Waals surface area contributed by atoms with E-state index in [4.69, 9.17) is 11.6 Å². The largest absolute Gasteiger partial charge is 0.349 e. The van der Waals surface area contributed by atoms with Crippen LogP contribution in [0, 0.1) is 0 Å². The van der Waals surface area contributed by atoms with E-state index >= 15 is 0 Å². The number of halogens is 1. The zero-order valence-corrected chi connectivity index (χ0v) is 9.88. The van der Waals surface area contributed by atoms with Crippen LogP contribution in [0.5, 0.6) is 0 Å². The van der Waals surface area contributed by atoms with Crippen molar-refractivity contribution < 1.29 is 0 Å². The smallest absolute Gasteiger partial charge is 0.129 e. The van der Waals surface area contributed by atoms with E-state index in [-0.39, 0.29) is 5.54 Å². The highest BCUT2D eigenvalue weighted by Gasteiger charge is 2.30. The van der Waals surface area contributed by atoms with Gasteiger partial charge in [0.15, 0.2) is 0 Å². The first-order chi connectivity index (χ1) is 7.09. The molecule has 2 heterocycles. The highest BCUT2D eigenvalue weighted by atomic mass is 35.5. The molecule has 4 heteroatoms. The van der Waals surface area contributed by atoms with Crippen LogP contribution in [0.15, 0.2) is 18.3 Å². The first kappa shape index (κ1) is 10.7. The van der Waals surface area contributed by atoms with Crippen LogP contribution in [0.4, 0.5) is 5.82 Å². The number of anilines is 1. The van der Waals surface area contributed by atoms with Gasteiger partial charge in [-0.25, -0.2) is 4.98 Å². The van der Waals surface area contributed by atoms with Gasteiger partial charge in [0, 0.05) is 31.4 Å². The lowest BCUT2D eigenvalue weighted by Gasteiger charge is -2.43. The Hall–Kier alpha value is -0.800. The molecule has 1 saturated heterocycles. The average Bonchev–Trinajstić information content (AvgIpc) is 2.19. The van der Waals surface area contributed by atoms with Crippen molar-refractivity contribution in [2.75, 3.05) is 24.5 Å². The highest BCUT2D eigenvalue weighted by Crippen LogP contribution is 2.24. The summed E-state index contributed by atoms with van der Waals surface area (Å²) in [5, 5.41) is 4.08. The Bertz CT molecular complexity index is 334. The van der Waals surface area contributed by atoms with Gasteiger partial charge in [0.1, 0.15) is 5.82 Å². The van der Waals surface area contributed by atoms with E-state index in [0.717, 1.165) is 25.5 Å². The van der Waals surface area contributed by atoms with Gasteiger partial charge in [0.2, 0.25) is 0 Å². The average molecular weight is 226 g/mol. The molecule has 15 heavy (non-hydrogen) atoms. The summed E-state index contributed by atoms with van der Waals surface area (Å²) >= 11 is 5.83. The standard InChI is InChI=1S/C11H16ClN3/c1-11(2)8-13-5-6-15(11)10-4-3-9(12)7-14-10/h3-4,7,13H,5-6,8H2,1-2H3. The molecule has 1 N–H and O–H groups in total. The summed E-state index contributed by atoms with van der Waals surface area (Å²) in [6, 6.07) is 3.87. The maximum Gasteiger partial charge on any atom is 0.129 e. The van der Waals surface area contributed by atoms with Crippen molar-refractivity contribution in [3.05, 3.63) is 23.4 Å². The molecule has 0 bridgehead atoms. The van der Waals surface area contributed by atoms with E-state index in [1.165, 1.54) is 0 Å². The third kappa shape index (κ3) is 2.24. The van der Waals surface area contributed by atoms with Gasteiger partial charge in [-0.05, 0) is 26.0 Å². The molecule has 0 saturated carbocycles. The first-order valence-corrected chi connectivity index (χ1v) is 5.57. The maximum absolute atomic E-state index is 5.83. The molecule has 1 aromatic heterocycles. The van der Waals surface area contributed by atoms with Gasteiger partial charge in [-0.1, -0.05) is 11.6 Å². The van der Waals surface area contributed by atoms with Crippen LogP contribution < -0.4 is 10.2 Å². The normalized spacial score (nSPS) is 20.3. The predicted molar refractivity (Wildman–Crippen MR) is 63.5 cm³/mol. The summed E-state index contributed by atoms with van der Waals surface area (Å²) in [6.07, 6.45) is 1.70. The highest BCUT2D eigenvalue weighted by molar-refractivity contribution is 6.30. The topological polar surface area (TPSA) is 28.2 Å². The van der Waals surface area contributed by atoms with E-state index in [1.807, 2.05) is 12.1 Å². The lowest BCUT2D eigenvalue weighted by atomic mass is 10.0. The molecular formula is C11H16ClN3. The summed E-state index contributed by atoms with van der Waals surface area (Å²) in [5.74, 6) is 1.01. The molecule has 2 rings (SSSR count). The molecule has 1 aliphatic rings. The van der Waals surface area contributed by atoms with Gasteiger partial charge in [-0.15, -0.1) is 0 Å². The molecule has 1 fully saturated rings. The number of pyridine rings is 1. The lowest BCUT2D eigenvalue weighted by Crippen LogP contribution is -2.58. The van der Waals surface area contributed by atoms with E-state index < -0.39 is 0 Å². The van der Waals surface area contributed by atoms with E-state index in [0.29, 0.717) is 5.02 Å². The van der Waals surface area contributed by atoms with Gasteiger partial charge in [-0.2, -0.15) is 0 Å². The zero-order valence-electron chi connectivity index (χ0n) is 9.13. The molecule has 0 radical (unpaired) electrons. The fourth-order valence-corrected chi connectivity index (χ4v) is 2.05. The van der Waals surface area contributed by atoms with Crippen molar-refractivity contribution in [1.29, 1.82) is 0 Å². The minimum absolute atomic E-state index is 0.110. The molecular weight excluding hydrogens is 210 g/mol. The van der Waals surface area contributed by atoms with Gasteiger partial charge >= 0.3 is 0 Å². The maximum atomic E-state index is 5.83. The van der Waals surface area contributed by atoms with Crippen molar-refractivity contribution in [2.24, 2.45) is 0 Å². The van der Waals surface area contributed by atoms with Crippen LogP contribution in [0.2, 0.25) is 5.02 Å². The summed E-state index contributed by atoms with van der Waals surface area (Å²) in [6.45, 7) is 7.41.